The van der Waals surface area contributed by atoms with E-state index in [1.54, 1.807) is 7.11 Å². The fraction of sp³-hybridized carbons (Fsp3) is 0.273. The summed E-state index contributed by atoms with van der Waals surface area (Å²) in [6.45, 7) is 0.521. The average Bonchev–Trinajstić information content (AvgIpc) is 2.36. The highest BCUT2D eigenvalue weighted by atomic mass is 32.1. The van der Waals surface area contributed by atoms with Crippen LogP contribution in [0.25, 0.3) is 0 Å². The van der Waals surface area contributed by atoms with Gasteiger partial charge in [0.25, 0.3) is 0 Å². The lowest BCUT2D eigenvalue weighted by Gasteiger charge is -2.08. The van der Waals surface area contributed by atoms with Gasteiger partial charge in [-0.25, -0.2) is 4.79 Å². The zero-order chi connectivity index (χ0) is 12.7. The number of alkyl carbamates (subject to hydrolysis) is 1. The molecular weight excluding hydrogens is 240 g/mol. The summed E-state index contributed by atoms with van der Waals surface area (Å²) in [5.41, 5.74) is 1.03. The summed E-state index contributed by atoms with van der Waals surface area (Å²) in [6.07, 6.45) is -0.586. The van der Waals surface area contributed by atoms with Crippen molar-refractivity contribution < 1.29 is 14.3 Å². The molecule has 0 spiro atoms. The molecule has 1 aromatic carbocycles. The van der Waals surface area contributed by atoms with E-state index in [0.29, 0.717) is 6.54 Å². The molecule has 0 saturated carbocycles. The van der Waals surface area contributed by atoms with E-state index in [-0.39, 0.29) is 5.11 Å². The van der Waals surface area contributed by atoms with Crippen molar-refractivity contribution in [1.82, 2.24) is 10.6 Å². The summed E-state index contributed by atoms with van der Waals surface area (Å²) < 4.78 is 9.45. The highest BCUT2D eigenvalue weighted by Crippen LogP contribution is 2.10. The normalized spacial score (nSPS) is 9.29. The third-order valence-corrected chi connectivity index (χ3v) is 2.26. The maximum absolute atomic E-state index is 10.8. The minimum absolute atomic E-state index is 0.229. The first kappa shape index (κ1) is 13.2. The first-order chi connectivity index (χ1) is 8.15. The van der Waals surface area contributed by atoms with Crippen molar-refractivity contribution in [1.29, 1.82) is 0 Å². The van der Waals surface area contributed by atoms with Crippen molar-refractivity contribution in [3.05, 3.63) is 29.8 Å². The molecule has 0 unspecified atom stereocenters. The number of amides is 1. The van der Waals surface area contributed by atoms with Crippen LogP contribution in [0.5, 0.6) is 5.75 Å². The second-order valence-corrected chi connectivity index (χ2v) is 3.56. The quantitative estimate of drug-likeness (QED) is 0.799. The molecule has 0 atom stereocenters. The van der Waals surface area contributed by atoms with Gasteiger partial charge < -0.3 is 14.8 Å². The molecule has 2 N–H and O–H groups in total. The molecule has 0 bridgehead atoms. The Morgan fingerprint density at radius 1 is 1.29 bits per heavy atom. The van der Waals surface area contributed by atoms with Crippen LogP contribution in [0.4, 0.5) is 4.79 Å². The molecule has 0 fully saturated rings. The number of carbonyl (C=O) groups is 1. The van der Waals surface area contributed by atoms with Gasteiger partial charge in [0.2, 0.25) is 0 Å². The minimum atomic E-state index is -0.586. The molecule has 92 valence electrons. The third kappa shape index (κ3) is 4.69. The molecular formula is C11H14N2O3S. The molecule has 0 aliphatic heterocycles. The van der Waals surface area contributed by atoms with E-state index in [0.717, 1.165) is 11.3 Å². The van der Waals surface area contributed by atoms with Crippen molar-refractivity contribution in [3.63, 3.8) is 0 Å². The standard InChI is InChI=1S/C11H14N2O3S/c1-15-9-5-3-8(4-6-9)7-12-10(17)13-11(14)16-2/h3-6H,7H2,1-2H3,(H2,12,13,14,17). The topological polar surface area (TPSA) is 59.6 Å². The fourth-order valence-corrected chi connectivity index (χ4v) is 1.27. The Morgan fingerprint density at radius 3 is 2.47 bits per heavy atom. The highest BCUT2D eigenvalue weighted by molar-refractivity contribution is 7.80. The SMILES string of the molecule is COC(=O)NC(=S)NCc1ccc(OC)cc1. The largest absolute Gasteiger partial charge is 0.497 e. The Labute approximate surface area is 105 Å². The number of rotatable bonds is 3. The molecule has 0 aliphatic carbocycles. The number of nitrogens with one attached hydrogen (secondary N) is 2. The number of hydrogen-bond acceptors (Lipinski definition) is 4. The number of methoxy groups -OCH3 is 2. The molecule has 1 amide bonds. The van der Waals surface area contributed by atoms with E-state index in [2.05, 4.69) is 15.4 Å². The van der Waals surface area contributed by atoms with Crippen LogP contribution >= 0.6 is 12.2 Å². The summed E-state index contributed by atoms with van der Waals surface area (Å²) in [6, 6.07) is 7.53. The van der Waals surface area contributed by atoms with Crippen LogP contribution in [0.2, 0.25) is 0 Å². The van der Waals surface area contributed by atoms with Crippen LogP contribution in [-0.2, 0) is 11.3 Å². The molecule has 0 radical (unpaired) electrons. The fourth-order valence-electron chi connectivity index (χ4n) is 1.11. The summed E-state index contributed by atoms with van der Waals surface area (Å²) in [5, 5.41) is 5.47. The van der Waals surface area contributed by atoms with E-state index in [1.807, 2.05) is 24.3 Å². The lowest BCUT2D eigenvalue weighted by Crippen LogP contribution is -2.38. The van der Waals surface area contributed by atoms with E-state index in [4.69, 9.17) is 17.0 Å². The predicted octanol–water partition coefficient (Wildman–Crippen LogP) is 1.43. The van der Waals surface area contributed by atoms with Crippen molar-refractivity contribution in [2.75, 3.05) is 14.2 Å². The Balaban J connectivity index is 2.39. The van der Waals surface area contributed by atoms with Gasteiger partial charge in [0.1, 0.15) is 5.75 Å². The Bertz CT molecular complexity index is 392. The predicted molar refractivity (Wildman–Crippen MR) is 68.0 cm³/mol. The minimum Gasteiger partial charge on any atom is -0.497 e. The monoisotopic (exact) mass is 254 g/mol. The van der Waals surface area contributed by atoms with Gasteiger partial charge >= 0.3 is 6.09 Å². The summed E-state index contributed by atoms with van der Waals surface area (Å²) in [4.78, 5) is 10.8. The number of ether oxygens (including phenoxy) is 2. The summed E-state index contributed by atoms with van der Waals surface area (Å²) in [5.74, 6) is 0.795. The van der Waals surface area contributed by atoms with Gasteiger partial charge in [-0.05, 0) is 29.9 Å². The van der Waals surface area contributed by atoms with E-state index < -0.39 is 6.09 Å². The number of thiocarbonyl (C=S) groups is 1. The van der Waals surface area contributed by atoms with Gasteiger partial charge in [0.15, 0.2) is 5.11 Å². The zero-order valence-corrected chi connectivity index (χ0v) is 10.5. The molecule has 1 aromatic rings. The molecule has 17 heavy (non-hydrogen) atoms. The summed E-state index contributed by atoms with van der Waals surface area (Å²) in [7, 11) is 2.89. The Morgan fingerprint density at radius 2 is 1.94 bits per heavy atom. The van der Waals surface area contributed by atoms with Crippen molar-refractivity contribution in [2.24, 2.45) is 0 Å². The molecule has 6 heteroatoms. The average molecular weight is 254 g/mol. The van der Waals surface area contributed by atoms with Gasteiger partial charge in [-0.2, -0.15) is 0 Å². The zero-order valence-electron chi connectivity index (χ0n) is 9.65. The summed E-state index contributed by atoms with van der Waals surface area (Å²) >= 11 is 4.90. The second kappa shape index (κ2) is 6.70. The van der Waals surface area contributed by atoms with Crippen molar-refractivity contribution in [3.8, 4) is 5.75 Å². The van der Waals surface area contributed by atoms with E-state index in [1.165, 1.54) is 7.11 Å². The van der Waals surface area contributed by atoms with Crippen LogP contribution < -0.4 is 15.4 Å². The number of benzene rings is 1. The van der Waals surface area contributed by atoms with Crippen LogP contribution in [0, 0.1) is 0 Å². The smallest absolute Gasteiger partial charge is 0.413 e. The van der Waals surface area contributed by atoms with Crippen LogP contribution in [0.3, 0.4) is 0 Å². The molecule has 0 saturated heterocycles. The first-order valence-electron chi connectivity index (χ1n) is 4.91. The Hall–Kier alpha value is -1.82. The van der Waals surface area contributed by atoms with Crippen molar-refractivity contribution >= 4 is 23.4 Å². The Kier molecular flexibility index (Phi) is 5.22. The van der Waals surface area contributed by atoms with E-state index >= 15 is 0 Å². The molecule has 0 aromatic heterocycles. The van der Waals surface area contributed by atoms with Crippen molar-refractivity contribution in [2.45, 2.75) is 6.54 Å². The highest BCUT2D eigenvalue weighted by Gasteiger charge is 2.02. The molecule has 0 aliphatic rings. The van der Waals surface area contributed by atoms with Crippen LogP contribution in [0.1, 0.15) is 5.56 Å². The maximum atomic E-state index is 10.8. The van der Waals surface area contributed by atoms with Gasteiger partial charge in [-0.1, -0.05) is 12.1 Å². The molecule has 0 heterocycles. The lowest BCUT2D eigenvalue weighted by molar-refractivity contribution is 0.176. The molecule has 5 nitrogen and oxygen atoms in total. The maximum Gasteiger partial charge on any atom is 0.413 e. The van der Waals surface area contributed by atoms with Gasteiger partial charge in [-0.3, -0.25) is 5.32 Å². The van der Waals surface area contributed by atoms with Crippen LogP contribution in [-0.4, -0.2) is 25.4 Å². The molecule has 1 rings (SSSR count). The number of carbonyl (C=O) groups excluding carboxylic acids is 1. The van der Waals surface area contributed by atoms with Crippen LogP contribution in [0.15, 0.2) is 24.3 Å². The number of hydrogen-bond donors (Lipinski definition) is 2. The first-order valence-corrected chi connectivity index (χ1v) is 5.32. The second-order valence-electron chi connectivity index (χ2n) is 3.15. The lowest BCUT2D eigenvalue weighted by atomic mass is 10.2. The van der Waals surface area contributed by atoms with Gasteiger partial charge in [-0.15, -0.1) is 0 Å². The van der Waals surface area contributed by atoms with E-state index in [9.17, 15) is 4.79 Å². The van der Waals surface area contributed by atoms with Gasteiger partial charge in [0.05, 0.1) is 14.2 Å². The third-order valence-electron chi connectivity index (χ3n) is 2.01. The van der Waals surface area contributed by atoms with Gasteiger partial charge in [0, 0.05) is 6.54 Å².